The number of likely N-dealkylation sites (tertiary alicyclic amines) is 1. The zero-order chi connectivity index (χ0) is 21.7. The van der Waals surface area contributed by atoms with E-state index in [0.717, 1.165) is 5.56 Å². The minimum absolute atomic E-state index is 0.107. The maximum absolute atomic E-state index is 13.0. The van der Waals surface area contributed by atoms with Crippen LogP contribution in [0.1, 0.15) is 30.9 Å². The lowest BCUT2D eigenvalue weighted by Crippen LogP contribution is -2.66. The number of hydrogen-bond donors (Lipinski definition) is 1. The van der Waals surface area contributed by atoms with Gasteiger partial charge in [-0.2, -0.15) is 8.78 Å². The van der Waals surface area contributed by atoms with Crippen molar-refractivity contribution in [1.29, 1.82) is 0 Å². The molecule has 1 N–H and O–H groups in total. The highest BCUT2D eigenvalue weighted by atomic mass is 19.3. The molecule has 1 heterocycles. The van der Waals surface area contributed by atoms with Crippen LogP contribution in [0.25, 0.3) is 6.08 Å². The highest BCUT2D eigenvalue weighted by Gasteiger charge is 2.49. The van der Waals surface area contributed by atoms with Crippen molar-refractivity contribution in [2.24, 2.45) is 0 Å². The van der Waals surface area contributed by atoms with Gasteiger partial charge in [-0.25, -0.2) is 0 Å². The molecule has 7 heteroatoms. The van der Waals surface area contributed by atoms with Crippen LogP contribution in [0.4, 0.5) is 14.5 Å². The number of halogens is 2. The summed E-state index contributed by atoms with van der Waals surface area (Å²) in [5.41, 5.74) is 0.725. The van der Waals surface area contributed by atoms with E-state index in [1.54, 1.807) is 32.1 Å². The smallest absolute Gasteiger partial charge is 0.387 e. The van der Waals surface area contributed by atoms with Crippen LogP contribution < -0.4 is 10.1 Å². The lowest BCUT2D eigenvalue weighted by Gasteiger charge is -2.49. The number of carbonyl (C=O) groups excluding carboxylic acids is 2. The molecule has 2 amide bonds. The first-order chi connectivity index (χ1) is 14.3. The fourth-order valence-corrected chi connectivity index (χ4v) is 3.41. The van der Waals surface area contributed by atoms with Crippen molar-refractivity contribution in [1.82, 2.24) is 4.90 Å². The number of para-hydroxylation sites is 1. The Hall–Kier alpha value is -3.22. The summed E-state index contributed by atoms with van der Waals surface area (Å²) in [5, 5.41) is 2.68. The predicted octanol–water partition coefficient (Wildman–Crippen LogP) is 4.63. The molecular weight excluding hydrogens is 390 g/mol. The van der Waals surface area contributed by atoms with Crippen LogP contribution in [0.15, 0.2) is 54.6 Å². The molecule has 1 aliphatic heterocycles. The Labute approximate surface area is 174 Å². The van der Waals surface area contributed by atoms with Crippen LogP contribution in [0, 0.1) is 6.92 Å². The van der Waals surface area contributed by atoms with Crippen LogP contribution in [0.2, 0.25) is 0 Å². The standard InChI is InChI=1S/C23H24F2N2O3/c1-16-8-6-12-18(30-22(24)25)20(16)26-21(29)23(2)14-15-27(23)19(28)13-7-11-17-9-4-3-5-10-17/h3-12,22H,13-15H2,1-2H3,(H,26,29)/b11-7+. The van der Waals surface area contributed by atoms with Crippen molar-refractivity contribution in [3.8, 4) is 5.75 Å². The first-order valence-electron chi connectivity index (χ1n) is 9.69. The van der Waals surface area contributed by atoms with Crippen molar-refractivity contribution in [3.63, 3.8) is 0 Å². The third-order valence-electron chi connectivity index (χ3n) is 5.30. The Kier molecular flexibility index (Phi) is 6.50. The van der Waals surface area contributed by atoms with E-state index in [4.69, 9.17) is 0 Å². The molecule has 1 fully saturated rings. The van der Waals surface area contributed by atoms with Gasteiger partial charge in [0.1, 0.15) is 11.3 Å². The molecule has 1 unspecified atom stereocenters. The lowest BCUT2D eigenvalue weighted by atomic mass is 9.85. The monoisotopic (exact) mass is 414 g/mol. The topological polar surface area (TPSA) is 58.6 Å². The highest BCUT2D eigenvalue weighted by molar-refractivity contribution is 6.02. The van der Waals surface area contributed by atoms with E-state index in [0.29, 0.717) is 18.5 Å². The fraction of sp³-hybridized carbons (Fsp3) is 0.304. The molecule has 3 rings (SSSR count). The van der Waals surface area contributed by atoms with E-state index in [-0.39, 0.29) is 23.8 Å². The van der Waals surface area contributed by atoms with Crippen molar-refractivity contribution >= 4 is 23.6 Å². The Balaban J connectivity index is 1.68. The highest BCUT2D eigenvalue weighted by Crippen LogP contribution is 2.35. The summed E-state index contributed by atoms with van der Waals surface area (Å²) in [5.74, 6) is -0.701. The molecule has 1 atom stereocenters. The summed E-state index contributed by atoms with van der Waals surface area (Å²) in [6.07, 6.45) is 4.28. The second-order valence-electron chi connectivity index (χ2n) is 7.37. The van der Waals surface area contributed by atoms with E-state index in [2.05, 4.69) is 10.1 Å². The maximum atomic E-state index is 13.0. The second-order valence-corrected chi connectivity index (χ2v) is 7.37. The summed E-state index contributed by atoms with van der Waals surface area (Å²) in [6.45, 7) is 0.831. The number of nitrogens with zero attached hydrogens (tertiary/aromatic N) is 1. The van der Waals surface area contributed by atoms with E-state index in [1.807, 2.05) is 36.4 Å². The summed E-state index contributed by atoms with van der Waals surface area (Å²) < 4.78 is 29.9. The molecule has 2 aromatic carbocycles. The largest absolute Gasteiger partial charge is 0.433 e. The molecule has 5 nitrogen and oxygen atoms in total. The zero-order valence-electron chi connectivity index (χ0n) is 16.9. The first kappa shape index (κ1) is 21.5. The number of rotatable bonds is 7. The van der Waals surface area contributed by atoms with Crippen LogP contribution in [0.5, 0.6) is 5.75 Å². The zero-order valence-corrected chi connectivity index (χ0v) is 16.9. The normalized spacial score (nSPS) is 18.4. The summed E-state index contributed by atoms with van der Waals surface area (Å²) in [7, 11) is 0. The molecule has 1 saturated heterocycles. The van der Waals surface area contributed by atoms with E-state index in [9.17, 15) is 18.4 Å². The Morgan fingerprint density at radius 1 is 1.20 bits per heavy atom. The maximum Gasteiger partial charge on any atom is 0.387 e. The van der Waals surface area contributed by atoms with Gasteiger partial charge < -0.3 is 15.0 Å². The quantitative estimate of drug-likeness (QED) is 0.719. The van der Waals surface area contributed by atoms with E-state index >= 15 is 0 Å². The number of anilines is 1. The van der Waals surface area contributed by atoms with Gasteiger partial charge in [-0.15, -0.1) is 0 Å². The fourth-order valence-electron chi connectivity index (χ4n) is 3.41. The molecule has 0 aromatic heterocycles. The van der Waals surface area contributed by atoms with Crippen molar-refractivity contribution in [3.05, 3.63) is 65.7 Å². The van der Waals surface area contributed by atoms with Gasteiger partial charge in [0.2, 0.25) is 11.8 Å². The molecule has 0 radical (unpaired) electrons. The number of benzene rings is 2. The van der Waals surface area contributed by atoms with Gasteiger partial charge in [0, 0.05) is 13.0 Å². The molecular formula is C23H24F2N2O3. The molecule has 0 spiro atoms. The summed E-state index contributed by atoms with van der Waals surface area (Å²) in [4.78, 5) is 27.1. The van der Waals surface area contributed by atoms with Gasteiger partial charge in [0.05, 0.1) is 5.69 Å². The number of hydrogen-bond acceptors (Lipinski definition) is 3. The third kappa shape index (κ3) is 4.67. The molecule has 0 saturated carbocycles. The number of nitrogens with one attached hydrogen (secondary N) is 1. The van der Waals surface area contributed by atoms with Gasteiger partial charge >= 0.3 is 6.61 Å². The Morgan fingerprint density at radius 2 is 1.93 bits per heavy atom. The van der Waals surface area contributed by atoms with E-state index in [1.165, 1.54) is 11.0 Å². The molecule has 158 valence electrons. The summed E-state index contributed by atoms with van der Waals surface area (Å²) >= 11 is 0. The van der Waals surface area contributed by atoms with Crippen LogP contribution in [-0.4, -0.2) is 35.4 Å². The number of alkyl halides is 2. The Bertz CT molecular complexity index is 947. The second kappa shape index (κ2) is 9.07. The van der Waals surface area contributed by atoms with Crippen LogP contribution in [0.3, 0.4) is 0 Å². The third-order valence-corrected chi connectivity index (χ3v) is 5.30. The molecule has 0 bridgehead atoms. The average Bonchev–Trinajstić information content (AvgIpc) is 2.69. The molecule has 1 aliphatic rings. The minimum atomic E-state index is -3.00. The molecule has 0 aliphatic carbocycles. The van der Waals surface area contributed by atoms with Crippen molar-refractivity contribution in [2.45, 2.75) is 38.8 Å². The van der Waals surface area contributed by atoms with Gasteiger partial charge in [-0.3, -0.25) is 9.59 Å². The van der Waals surface area contributed by atoms with Crippen LogP contribution in [-0.2, 0) is 9.59 Å². The van der Waals surface area contributed by atoms with Gasteiger partial charge in [0.15, 0.2) is 0 Å². The van der Waals surface area contributed by atoms with Crippen LogP contribution >= 0.6 is 0 Å². The van der Waals surface area contributed by atoms with Gasteiger partial charge in [0.25, 0.3) is 0 Å². The number of ether oxygens (including phenoxy) is 1. The molecule has 2 aromatic rings. The SMILES string of the molecule is Cc1cccc(OC(F)F)c1NC(=O)C1(C)CCN1C(=O)C/C=C/c1ccccc1. The van der Waals surface area contributed by atoms with Gasteiger partial charge in [-0.05, 0) is 37.5 Å². The van der Waals surface area contributed by atoms with Gasteiger partial charge in [-0.1, -0.05) is 54.6 Å². The number of amides is 2. The number of aryl methyl sites for hydroxylation is 1. The Morgan fingerprint density at radius 3 is 2.57 bits per heavy atom. The molecule has 30 heavy (non-hydrogen) atoms. The van der Waals surface area contributed by atoms with E-state index < -0.39 is 18.1 Å². The predicted molar refractivity (Wildman–Crippen MR) is 111 cm³/mol. The van der Waals surface area contributed by atoms with Crippen molar-refractivity contribution < 1.29 is 23.1 Å². The summed E-state index contributed by atoms with van der Waals surface area (Å²) in [6, 6.07) is 14.2. The lowest BCUT2D eigenvalue weighted by molar-refractivity contribution is -0.154. The minimum Gasteiger partial charge on any atom is -0.433 e. The first-order valence-corrected chi connectivity index (χ1v) is 9.69. The van der Waals surface area contributed by atoms with Crippen molar-refractivity contribution in [2.75, 3.05) is 11.9 Å². The average molecular weight is 414 g/mol. The number of carbonyl (C=O) groups is 2.